The Bertz CT molecular complexity index is 358. The van der Waals surface area contributed by atoms with Crippen LogP contribution in [0.3, 0.4) is 0 Å². The lowest BCUT2D eigenvalue weighted by Gasteiger charge is -2.13. The molecule has 5 nitrogen and oxygen atoms in total. The number of sulfonamides is 1. The van der Waals surface area contributed by atoms with Crippen LogP contribution < -0.4 is 0 Å². The van der Waals surface area contributed by atoms with Crippen LogP contribution in [0.1, 0.15) is 13.3 Å². The van der Waals surface area contributed by atoms with Gasteiger partial charge in [-0.1, -0.05) is 5.57 Å². The molecule has 6 heteroatoms. The predicted octanol–water partition coefficient (Wildman–Crippen LogP) is 0.0528. The molecule has 0 radical (unpaired) electrons. The molecule has 1 heterocycles. The van der Waals surface area contributed by atoms with Crippen LogP contribution in [0.5, 0.6) is 0 Å². The summed E-state index contributed by atoms with van der Waals surface area (Å²) in [5.41, 5.74) is 0.544. The van der Waals surface area contributed by atoms with Crippen LogP contribution in [0.25, 0.3) is 0 Å². The summed E-state index contributed by atoms with van der Waals surface area (Å²) in [7, 11) is -3.12. The molecule has 0 aliphatic carbocycles. The van der Waals surface area contributed by atoms with Gasteiger partial charge in [-0.15, -0.1) is 0 Å². The summed E-state index contributed by atoms with van der Waals surface area (Å²) < 4.78 is 24.0. The van der Waals surface area contributed by atoms with E-state index in [4.69, 9.17) is 5.11 Å². The van der Waals surface area contributed by atoms with E-state index in [1.807, 2.05) is 0 Å². The average molecular weight is 219 g/mol. The van der Waals surface area contributed by atoms with Crippen LogP contribution in [0.4, 0.5) is 0 Å². The Hall–Kier alpha value is -0.880. The minimum Gasteiger partial charge on any atom is -0.478 e. The molecule has 80 valence electrons. The van der Waals surface area contributed by atoms with Gasteiger partial charge in [0.2, 0.25) is 10.0 Å². The van der Waals surface area contributed by atoms with Crippen molar-refractivity contribution < 1.29 is 18.3 Å². The number of carboxylic acid groups (broad SMARTS) is 1. The summed E-state index contributed by atoms with van der Waals surface area (Å²) in [5, 5.41) is 8.44. The lowest BCUT2D eigenvalue weighted by atomic mass is 10.3. The second kappa shape index (κ2) is 4.10. The Kier molecular flexibility index (Phi) is 3.28. The summed E-state index contributed by atoms with van der Waals surface area (Å²) in [4.78, 5) is 10.3. The second-order valence-electron chi connectivity index (χ2n) is 3.33. The molecule has 1 aliphatic rings. The molecule has 1 rings (SSSR count). The number of carbonyl (C=O) groups is 1. The van der Waals surface area contributed by atoms with Crippen LogP contribution in [0.2, 0.25) is 0 Å². The van der Waals surface area contributed by atoms with E-state index >= 15 is 0 Å². The van der Waals surface area contributed by atoms with Crippen LogP contribution in [0.15, 0.2) is 11.6 Å². The van der Waals surface area contributed by atoms with Crippen molar-refractivity contribution in [2.24, 2.45) is 0 Å². The highest BCUT2D eigenvalue weighted by Gasteiger charge is 2.27. The minimum atomic E-state index is -3.12. The number of nitrogens with zero attached hydrogens (tertiary/aromatic N) is 1. The molecule has 0 aromatic carbocycles. The van der Waals surface area contributed by atoms with Crippen LogP contribution in [0, 0.1) is 0 Å². The van der Waals surface area contributed by atoms with E-state index in [-0.39, 0.29) is 12.3 Å². The van der Waals surface area contributed by atoms with E-state index in [0.717, 1.165) is 6.08 Å². The summed E-state index contributed by atoms with van der Waals surface area (Å²) in [6, 6.07) is 0. The first-order valence-corrected chi connectivity index (χ1v) is 5.90. The first kappa shape index (κ1) is 11.2. The van der Waals surface area contributed by atoms with Crippen molar-refractivity contribution in [2.45, 2.75) is 13.3 Å². The van der Waals surface area contributed by atoms with Gasteiger partial charge < -0.3 is 5.11 Å². The van der Waals surface area contributed by atoms with E-state index in [9.17, 15) is 13.2 Å². The van der Waals surface area contributed by atoms with Crippen LogP contribution in [-0.4, -0.2) is 42.6 Å². The Morgan fingerprint density at radius 3 is 2.64 bits per heavy atom. The highest BCUT2D eigenvalue weighted by atomic mass is 32.2. The maximum Gasteiger partial charge on any atom is 0.328 e. The highest BCUT2D eigenvalue weighted by molar-refractivity contribution is 7.89. The topological polar surface area (TPSA) is 74.7 Å². The minimum absolute atomic E-state index is 0.174. The first-order chi connectivity index (χ1) is 6.42. The molecule has 0 bridgehead atoms. The van der Waals surface area contributed by atoms with Crippen molar-refractivity contribution in [3.8, 4) is 0 Å². The number of hydrogen-bond donors (Lipinski definition) is 1. The lowest BCUT2D eigenvalue weighted by Crippen LogP contribution is -2.27. The van der Waals surface area contributed by atoms with E-state index in [1.165, 1.54) is 4.31 Å². The zero-order valence-electron chi connectivity index (χ0n) is 7.93. The molecule has 1 N–H and O–H groups in total. The zero-order chi connectivity index (χ0) is 10.8. The Balaban J connectivity index is 2.66. The van der Waals surface area contributed by atoms with E-state index in [0.29, 0.717) is 18.5 Å². The highest BCUT2D eigenvalue weighted by Crippen LogP contribution is 2.14. The monoisotopic (exact) mass is 219 g/mol. The lowest BCUT2D eigenvalue weighted by molar-refractivity contribution is -0.131. The molecular weight excluding hydrogens is 206 g/mol. The van der Waals surface area contributed by atoms with E-state index < -0.39 is 16.0 Å². The Morgan fingerprint density at radius 2 is 2.21 bits per heavy atom. The molecule has 0 spiro atoms. The van der Waals surface area contributed by atoms with Crippen LogP contribution in [-0.2, 0) is 14.8 Å². The van der Waals surface area contributed by atoms with Gasteiger partial charge in [0.1, 0.15) is 0 Å². The molecule has 0 amide bonds. The van der Waals surface area contributed by atoms with Gasteiger partial charge in [0.05, 0.1) is 5.75 Å². The Labute approximate surface area is 83.1 Å². The van der Waals surface area contributed by atoms with Crippen molar-refractivity contribution in [1.29, 1.82) is 0 Å². The molecule has 0 aromatic heterocycles. The second-order valence-corrected chi connectivity index (χ2v) is 5.42. The zero-order valence-corrected chi connectivity index (χ0v) is 8.75. The quantitative estimate of drug-likeness (QED) is 0.681. The molecule has 1 fully saturated rings. The number of carboxylic acids is 1. The van der Waals surface area contributed by atoms with Gasteiger partial charge in [0.15, 0.2) is 0 Å². The van der Waals surface area contributed by atoms with E-state index in [2.05, 4.69) is 0 Å². The van der Waals surface area contributed by atoms with Gasteiger partial charge in [0.25, 0.3) is 0 Å². The van der Waals surface area contributed by atoms with Gasteiger partial charge in [-0.2, -0.15) is 4.31 Å². The fourth-order valence-corrected chi connectivity index (χ4v) is 2.96. The number of hydrogen-bond acceptors (Lipinski definition) is 3. The molecule has 14 heavy (non-hydrogen) atoms. The van der Waals surface area contributed by atoms with Gasteiger partial charge in [0, 0.05) is 19.2 Å². The molecule has 0 unspecified atom stereocenters. The van der Waals surface area contributed by atoms with Crippen molar-refractivity contribution in [2.75, 3.05) is 18.8 Å². The molecule has 1 saturated heterocycles. The van der Waals surface area contributed by atoms with Crippen molar-refractivity contribution in [3.05, 3.63) is 11.6 Å². The smallest absolute Gasteiger partial charge is 0.328 e. The third kappa shape index (κ3) is 2.81. The summed E-state index contributed by atoms with van der Waals surface area (Å²) >= 11 is 0. The average Bonchev–Trinajstić information content (AvgIpc) is 2.29. The largest absolute Gasteiger partial charge is 0.478 e. The predicted molar refractivity (Wildman–Crippen MR) is 51.4 cm³/mol. The SMILES string of the molecule is C/C(=C\C(=O)O)CN1CCCS1(=O)=O. The van der Waals surface area contributed by atoms with Gasteiger partial charge in [-0.25, -0.2) is 13.2 Å². The van der Waals surface area contributed by atoms with Gasteiger partial charge in [-0.3, -0.25) is 0 Å². The summed E-state index contributed by atoms with van der Waals surface area (Å²) in [6.45, 7) is 2.30. The molecule has 0 atom stereocenters. The van der Waals surface area contributed by atoms with Crippen molar-refractivity contribution in [1.82, 2.24) is 4.31 Å². The molecule has 0 aromatic rings. The Morgan fingerprint density at radius 1 is 1.57 bits per heavy atom. The molecule has 0 saturated carbocycles. The van der Waals surface area contributed by atoms with E-state index in [1.54, 1.807) is 6.92 Å². The summed E-state index contributed by atoms with van der Waals surface area (Å²) in [6.07, 6.45) is 1.66. The fraction of sp³-hybridized carbons (Fsp3) is 0.625. The third-order valence-corrected chi connectivity index (χ3v) is 3.90. The fourth-order valence-electron chi connectivity index (χ4n) is 1.40. The molecular formula is C8H13NO4S. The summed E-state index contributed by atoms with van der Waals surface area (Å²) in [5.74, 6) is -0.869. The number of aliphatic carboxylic acids is 1. The maximum atomic E-state index is 11.3. The normalized spacial score (nSPS) is 22.5. The van der Waals surface area contributed by atoms with Crippen molar-refractivity contribution in [3.63, 3.8) is 0 Å². The van der Waals surface area contributed by atoms with Gasteiger partial charge >= 0.3 is 5.97 Å². The molecule has 1 aliphatic heterocycles. The standard InChI is InChI=1S/C8H13NO4S/c1-7(5-8(10)11)6-9-3-2-4-14(9,12)13/h5H,2-4,6H2,1H3,(H,10,11)/b7-5+. The van der Waals surface area contributed by atoms with Gasteiger partial charge in [-0.05, 0) is 13.3 Å². The number of rotatable bonds is 3. The maximum absolute atomic E-state index is 11.3. The van der Waals surface area contributed by atoms with Crippen molar-refractivity contribution >= 4 is 16.0 Å². The third-order valence-electron chi connectivity index (χ3n) is 2.00. The van der Waals surface area contributed by atoms with Crippen LogP contribution >= 0.6 is 0 Å². The first-order valence-electron chi connectivity index (χ1n) is 4.30.